The Balaban J connectivity index is 3.61. The van der Waals surface area contributed by atoms with Gasteiger partial charge in [0.15, 0.2) is 0 Å². The lowest BCUT2D eigenvalue weighted by molar-refractivity contribution is -0.144. The van der Waals surface area contributed by atoms with E-state index in [0.717, 1.165) is 0 Å². The molecule has 3 N–H and O–H groups in total. The number of rotatable bonds is 11. The van der Waals surface area contributed by atoms with Crippen molar-refractivity contribution in [1.29, 1.82) is 0 Å². The molecule has 0 radical (unpaired) electrons. The smallest absolute Gasteiger partial charge is 0.308 e. The first-order valence-corrected chi connectivity index (χ1v) is 6.19. The molecule has 19 heavy (non-hydrogen) atoms. The molecule has 0 aliphatic carbocycles. The normalized spacial score (nSPS) is 13.8. The van der Waals surface area contributed by atoms with E-state index in [1.54, 1.807) is 13.8 Å². The summed E-state index contributed by atoms with van der Waals surface area (Å²) < 4.78 is 15.2. The van der Waals surface area contributed by atoms with Gasteiger partial charge >= 0.3 is 11.9 Å². The number of nitrogens with two attached hydrogens (primary N) is 1. The maximum atomic E-state index is 11.0. The molecule has 0 fully saturated rings. The fourth-order valence-electron chi connectivity index (χ4n) is 1.20. The molecule has 7 nitrogen and oxygen atoms in total. The van der Waals surface area contributed by atoms with Crippen molar-refractivity contribution in [2.45, 2.75) is 32.2 Å². The molecule has 1 atom stereocenters. The van der Waals surface area contributed by atoms with Gasteiger partial charge in [-0.15, -0.1) is 0 Å². The number of hydrogen-bond donors (Lipinski definition) is 2. The highest BCUT2D eigenvalue weighted by molar-refractivity contribution is 5.69. The van der Waals surface area contributed by atoms with Gasteiger partial charge in [0.25, 0.3) is 0 Å². The molecule has 0 amide bonds. The first-order chi connectivity index (χ1) is 8.87. The number of ether oxygens (including phenoxy) is 3. The van der Waals surface area contributed by atoms with Crippen molar-refractivity contribution >= 4 is 11.9 Å². The Morgan fingerprint density at radius 2 is 1.68 bits per heavy atom. The standard InChI is InChI=1S/C12H23NO6/c1-3-19-11(16)5-7-18-9-12(2,13)8-17-6-4-10(14)15/h3-9,13H2,1-2H3,(H,14,15). The predicted molar refractivity (Wildman–Crippen MR) is 67.7 cm³/mol. The zero-order valence-electron chi connectivity index (χ0n) is 11.5. The molecule has 0 aromatic carbocycles. The number of carbonyl (C=O) groups is 2. The van der Waals surface area contributed by atoms with Gasteiger partial charge in [0.05, 0.1) is 51.4 Å². The van der Waals surface area contributed by atoms with Crippen molar-refractivity contribution in [2.24, 2.45) is 5.73 Å². The molecule has 0 aliphatic rings. The van der Waals surface area contributed by atoms with Gasteiger partial charge in [0.1, 0.15) is 0 Å². The summed E-state index contributed by atoms with van der Waals surface area (Å²) in [7, 11) is 0. The van der Waals surface area contributed by atoms with Crippen LogP contribution in [0.2, 0.25) is 0 Å². The molecule has 0 aromatic rings. The van der Waals surface area contributed by atoms with E-state index in [2.05, 4.69) is 0 Å². The Labute approximate surface area is 113 Å². The highest BCUT2D eigenvalue weighted by atomic mass is 16.5. The second-order valence-electron chi connectivity index (χ2n) is 4.46. The molecule has 0 saturated carbocycles. The largest absolute Gasteiger partial charge is 0.481 e. The molecule has 0 aromatic heterocycles. The fourth-order valence-corrected chi connectivity index (χ4v) is 1.20. The maximum absolute atomic E-state index is 11.0. The van der Waals surface area contributed by atoms with Crippen LogP contribution in [0.1, 0.15) is 26.7 Å². The highest BCUT2D eigenvalue weighted by Crippen LogP contribution is 2.02. The van der Waals surface area contributed by atoms with Crippen molar-refractivity contribution in [2.75, 3.05) is 33.0 Å². The molecule has 0 bridgehead atoms. The van der Waals surface area contributed by atoms with E-state index in [-0.39, 0.29) is 45.2 Å². The molecule has 7 heteroatoms. The van der Waals surface area contributed by atoms with Crippen LogP contribution in [0.3, 0.4) is 0 Å². The fraction of sp³-hybridized carbons (Fsp3) is 0.833. The monoisotopic (exact) mass is 277 g/mol. The molecule has 1 unspecified atom stereocenters. The number of aliphatic carboxylic acids is 1. The number of hydrogen-bond acceptors (Lipinski definition) is 6. The van der Waals surface area contributed by atoms with Crippen LogP contribution in [0, 0.1) is 0 Å². The van der Waals surface area contributed by atoms with Crippen LogP contribution in [-0.4, -0.2) is 55.6 Å². The zero-order valence-corrected chi connectivity index (χ0v) is 11.5. The maximum Gasteiger partial charge on any atom is 0.308 e. The lowest BCUT2D eigenvalue weighted by Crippen LogP contribution is -2.46. The molecule has 0 saturated heterocycles. The number of carboxylic acid groups (broad SMARTS) is 1. The van der Waals surface area contributed by atoms with E-state index < -0.39 is 11.5 Å². The summed E-state index contributed by atoms with van der Waals surface area (Å²) in [6, 6.07) is 0. The topological polar surface area (TPSA) is 108 Å². The number of carboxylic acids is 1. The average Bonchev–Trinajstić information content (AvgIpc) is 2.31. The molecular weight excluding hydrogens is 254 g/mol. The predicted octanol–water partition coefficient (Wildman–Crippen LogP) is 0.165. The summed E-state index contributed by atoms with van der Waals surface area (Å²) in [4.78, 5) is 21.3. The van der Waals surface area contributed by atoms with Crippen LogP contribution >= 0.6 is 0 Å². The summed E-state index contributed by atoms with van der Waals surface area (Å²) in [5, 5.41) is 8.43. The summed E-state index contributed by atoms with van der Waals surface area (Å²) in [5.74, 6) is -1.22. The molecule has 0 aliphatic heterocycles. The molecule has 0 rings (SSSR count). The van der Waals surface area contributed by atoms with Crippen molar-refractivity contribution in [3.63, 3.8) is 0 Å². The van der Waals surface area contributed by atoms with Crippen LogP contribution in [0.5, 0.6) is 0 Å². The van der Waals surface area contributed by atoms with Crippen molar-refractivity contribution < 1.29 is 28.9 Å². The lowest BCUT2D eigenvalue weighted by atomic mass is 10.1. The minimum absolute atomic E-state index is 0.0558. The third-order valence-corrected chi connectivity index (χ3v) is 2.08. The van der Waals surface area contributed by atoms with E-state index in [9.17, 15) is 9.59 Å². The Morgan fingerprint density at radius 1 is 1.16 bits per heavy atom. The van der Waals surface area contributed by atoms with Crippen LogP contribution in [0.15, 0.2) is 0 Å². The summed E-state index contributed by atoms with van der Waals surface area (Å²) >= 11 is 0. The van der Waals surface area contributed by atoms with Gasteiger partial charge < -0.3 is 25.1 Å². The molecule has 0 heterocycles. The highest BCUT2D eigenvalue weighted by Gasteiger charge is 2.19. The van der Waals surface area contributed by atoms with Crippen LogP contribution in [-0.2, 0) is 23.8 Å². The lowest BCUT2D eigenvalue weighted by Gasteiger charge is -2.24. The van der Waals surface area contributed by atoms with Crippen LogP contribution in [0.25, 0.3) is 0 Å². The Morgan fingerprint density at radius 3 is 2.16 bits per heavy atom. The number of carbonyl (C=O) groups excluding carboxylic acids is 1. The third-order valence-electron chi connectivity index (χ3n) is 2.08. The Bertz CT molecular complexity index is 279. The van der Waals surface area contributed by atoms with Crippen LogP contribution < -0.4 is 5.73 Å². The van der Waals surface area contributed by atoms with Gasteiger partial charge in [-0.1, -0.05) is 0 Å². The van der Waals surface area contributed by atoms with Gasteiger partial charge in [0.2, 0.25) is 0 Å². The first-order valence-electron chi connectivity index (χ1n) is 6.19. The van der Waals surface area contributed by atoms with Gasteiger partial charge in [-0.25, -0.2) is 0 Å². The van der Waals surface area contributed by atoms with E-state index in [4.69, 9.17) is 25.1 Å². The van der Waals surface area contributed by atoms with Crippen LogP contribution in [0.4, 0.5) is 0 Å². The van der Waals surface area contributed by atoms with E-state index in [1.807, 2.05) is 0 Å². The van der Waals surface area contributed by atoms with Gasteiger partial charge in [-0.2, -0.15) is 0 Å². The van der Waals surface area contributed by atoms with E-state index >= 15 is 0 Å². The number of esters is 1. The second-order valence-corrected chi connectivity index (χ2v) is 4.46. The Kier molecular flexibility index (Phi) is 9.11. The van der Waals surface area contributed by atoms with Crippen molar-refractivity contribution in [3.05, 3.63) is 0 Å². The zero-order chi connectivity index (χ0) is 14.7. The van der Waals surface area contributed by atoms with Gasteiger partial charge in [0, 0.05) is 0 Å². The van der Waals surface area contributed by atoms with E-state index in [0.29, 0.717) is 6.61 Å². The summed E-state index contributed by atoms with van der Waals surface area (Å²) in [5.41, 5.74) is 5.18. The Hall–Kier alpha value is -1.18. The molecule has 112 valence electrons. The van der Waals surface area contributed by atoms with Gasteiger partial charge in [-0.05, 0) is 13.8 Å². The quantitative estimate of drug-likeness (QED) is 0.409. The molecular formula is C12H23NO6. The summed E-state index contributed by atoms with van der Waals surface area (Å²) in [6.07, 6.45) is 0.129. The minimum atomic E-state index is -0.913. The SMILES string of the molecule is CCOC(=O)CCOCC(C)(N)COCCC(=O)O. The first kappa shape index (κ1) is 17.8. The van der Waals surface area contributed by atoms with E-state index in [1.165, 1.54) is 0 Å². The summed E-state index contributed by atoms with van der Waals surface area (Å²) in [6.45, 7) is 4.60. The molecule has 0 spiro atoms. The second kappa shape index (κ2) is 9.71. The average molecular weight is 277 g/mol. The minimum Gasteiger partial charge on any atom is -0.481 e. The van der Waals surface area contributed by atoms with Crippen molar-refractivity contribution in [1.82, 2.24) is 0 Å². The van der Waals surface area contributed by atoms with Gasteiger partial charge in [-0.3, -0.25) is 9.59 Å². The third kappa shape index (κ3) is 11.6. The van der Waals surface area contributed by atoms with Crippen molar-refractivity contribution in [3.8, 4) is 0 Å².